The number of methoxy groups -OCH3 is 1. The number of hydrogen-bond donors (Lipinski definition) is 0. The maximum Gasteiger partial charge on any atom is 0.122 e. The summed E-state index contributed by atoms with van der Waals surface area (Å²) in [7, 11) is 1.71. The molecule has 0 saturated carbocycles. The van der Waals surface area contributed by atoms with Gasteiger partial charge in [-0.05, 0) is 41.3 Å². The van der Waals surface area contributed by atoms with Gasteiger partial charge >= 0.3 is 0 Å². The fourth-order valence-electron chi connectivity index (χ4n) is 2.02. The largest absolute Gasteiger partial charge is 0.496 e. The van der Waals surface area contributed by atoms with Gasteiger partial charge in [-0.2, -0.15) is 0 Å². The van der Waals surface area contributed by atoms with E-state index in [9.17, 15) is 0 Å². The molecule has 0 spiro atoms. The van der Waals surface area contributed by atoms with Crippen molar-refractivity contribution < 1.29 is 4.74 Å². The average Bonchev–Trinajstić information content (AvgIpc) is 2.85. The molecule has 0 unspecified atom stereocenters. The van der Waals surface area contributed by atoms with Gasteiger partial charge in [0.2, 0.25) is 0 Å². The minimum atomic E-state index is 0.0492. The highest BCUT2D eigenvalue weighted by molar-refractivity contribution is 7.16. The molecule has 2 aromatic rings. The molecule has 1 nitrogen and oxygen atoms in total. The van der Waals surface area contributed by atoms with Crippen LogP contribution in [-0.2, 0) is 5.41 Å². The summed E-state index contributed by atoms with van der Waals surface area (Å²) < 4.78 is 5.46. The predicted octanol–water partition coefficient (Wildman–Crippen LogP) is 4.70. The molecule has 0 amide bonds. The van der Waals surface area contributed by atoms with Gasteiger partial charge in [-0.15, -0.1) is 17.8 Å². The average molecular weight is 270 g/mol. The lowest BCUT2D eigenvalue weighted by Gasteiger charge is -2.22. The van der Waals surface area contributed by atoms with Gasteiger partial charge in [0.05, 0.1) is 12.0 Å². The summed E-state index contributed by atoms with van der Waals surface area (Å²) >= 11 is 1.64. The Labute approximate surface area is 119 Å². The van der Waals surface area contributed by atoms with E-state index in [0.29, 0.717) is 0 Å². The Kier molecular flexibility index (Phi) is 3.68. The van der Waals surface area contributed by atoms with Crippen LogP contribution in [0.25, 0.3) is 10.4 Å². The van der Waals surface area contributed by atoms with Crippen molar-refractivity contribution in [1.82, 2.24) is 0 Å². The van der Waals surface area contributed by atoms with Gasteiger partial charge in [-0.25, -0.2) is 0 Å². The molecule has 0 N–H and O–H groups in total. The molecule has 0 atom stereocenters. The van der Waals surface area contributed by atoms with Crippen molar-refractivity contribution in [3.05, 3.63) is 40.8 Å². The normalized spacial score (nSPS) is 11.1. The lowest BCUT2D eigenvalue weighted by Crippen LogP contribution is -2.12. The van der Waals surface area contributed by atoms with E-state index < -0.39 is 0 Å². The molecule has 98 valence electrons. The molecule has 0 aliphatic carbocycles. The number of ether oxygens (including phenoxy) is 1. The Morgan fingerprint density at radius 2 is 1.89 bits per heavy atom. The fourth-order valence-corrected chi connectivity index (χ4v) is 2.83. The van der Waals surface area contributed by atoms with Crippen LogP contribution >= 0.6 is 11.3 Å². The molecule has 0 aliphatic heterocycles. The van der Waals surface area contributed by atoms with Crippen molar-refractivity contribution in [1.29, 1.82) is 0 Å². The molecule has 2 rings (SSSR count). The van der Waals surface area contributed by atoms with Crippen molar-refractivity contribution in [2.75, 3.05) is 7.11 Å². The Morgan fingerprint density at radius 3 is 2.42 bits per heavy atom. The standard InChI is InChI=1S/C17H18OS/c1-6-13-8-10-16(19-13)12-7-9-15(18-5)14(11-12)17(2,3)4/h1,7-11H,2-5H3. The third-order valence-corrected chi connectivity index (χ3v) is 4.11. The fraction of sp³-hybridized carbons (Fsp3) is 0.294. The highest BCUT2D eigenvalue weighted by atomic mass is 32.1. The number of rotatable bonds is 2. The molecular weight excluding hydrogens is 252 g/mol. The van der Waals surface area contributed by atoms with E-state index in [1.54, 1.807) is 18.4 Å². The summed E-state index contributed by atoms with van der Waals surface area (Å²) in [5.74, 6) is 3.61. The minimum absolute atomic E-state index is 0.0492. The van der Waals surface area contributed by atoms with Crippen LogP contribution in [0.1, 0.15) is 31.2 Å². The van der Waals surface area contributed by atoms with E-state index in [4.69, 9.17) is 11.2 Å². The molecule has 2 heteroatoms. The van der Waals surface area contributed by atoms with Crippen LogP contribution in [0.4, 0.5) is 0 Å². The number of hydrogen-bond acceptors (Lipinski definition) is 2. The van der Waals surface area contributed by atoms with Crippen LogP contribution in [0.15, 0.2) is 30.3 Å². The van der Waals surface area contributed by atoms with Gasteiger partial charge in [0.25, 0.3) is 0 Å². The van der Waals surface area contributed by atoms with E-state index in [0.717, 1.165) is 10.6 Å². The van der Waals surface area contributed by atoms with Crippen LogP contribution in [0.5, 0.6) is 5.75 Å². The highest BCUT2D eigenvalue weighted by Crippen LogP contribution is 2.36. The van der Waals surface area contributed by atoms with E-state index in [-0.39, 0.29) is 5.41 Å². The molecule has 0 bridgehead atoms. The molecular formula is C17H18OS. The third-order valence-electron chi connectivity index (χ3n) is 3.04. The summed E-state index contributed by atoms with van der Waals surface area (Å²) in [6.07, 6.45) is 5.43. The third kappa shape index (κ3) is 2.83. The van der Waals surface area contributed by atoms with Gasteiger partial charge in [-0.1, -0.05) is 26.7 Å². The Hall–Kier alpha value is -1.72. The van der Waals surface area contributed by atoms with Crippen molar-refractivity contribution in [2.45, 2.75) is 26.2 Å². The first-order valence-electron chi connectivity index (χ1n) is 6.21. The van der Waals surface area contributed by atoms with Gasteiger partial charge in [0.15, 0.2) is 0 Å². The molecule has 1 heterocycles. The second-order valence-corrected chi connectivity index (χ2v) is 6.56. The predicted molar refractivity (Wildman–Crippen MR) is 82.9 cm³/mol. The number of benzene rings is 1. The topological polar surface area (TPSA) is 9.23 Å². The molecule has 0 fully saturated rings. The minimum Gasteiger partial charge on any atom is -0.496 e. The van der Waals surface area contributed by atoms with Crippen LogP contribution in [0.2, 0.25) is 0 Å². The lowest BCUT2D eigenvalue weighted by molar-refractivity contribution is 0.397. The first-order valence-corrected chi connectivity index (χ1v) is 7.02. The summed E-state index contributed by atoms with van der Waals surface area (Å²) in [6.45, 7) is 6.57. The zero-order valence-electron chi connectivity index (χ0n) is 11.8. The summed E-state index contributed by atoms with van der Waals surface area (Å²) in [5, 5.41) is 0. The monoisotopic (exact) mass is 270 g/mol. The molecule has 1 aromatic carbocycles. The van der Waals surface area contributed by atoms with Crippen molar-refractivity contribution in [3.8, 4) is 28.5 Å². The molecule has 0 aliphatic rings. The SMILES string of the molecule is C#Cc1ccc(-c2ccc(OC)c(C(C)(C)C)c2)s1. The van der Waals surface area contributed by atoms with E-state index in [1.807, 2.05) is 12.1 Å². The quantitative estimate of drug-likeness (QED) is 0.719. The number of terminal acetylenes is 1. The Balaban J connectivity index is 2.52. The van der Waals surface area contributed by atoms with Crippen LogP contribution in [-0.4, -0.2) is 7.11 Å². The Bertz CT molecular complexity index is 623. The van der Waals surface area contributed by atoms with E-state index in [2.05, 4.69) is 44.9 Å². The highest BCUT2D eigenvalue weighted by Gasteiger charge is 2.19. The van der Waals surface area contributed by atoms with Crippen LogP contribution < -0.4 is 4.74 Å². The second-order valence-electron chi connectivity index (χ2n) is 5.47. The first kappa shape index (κ1) is 13.7. The molecule has 1 aromatic heterocycles. The van der Waals surface area contributed by atoms with Crippen LogP contribution in [0, 0.1) is 12.3 Å². The maximum absolute atomic E-state index is 5.46. The van der Waals surface area contributed by atoms with Crippen molar-refractivity contribution in [3.63, 3.8) is 0 Å². The van der Waals surface area contributed by atoms with Gasteiger partial charge < -0.3 is 4.74 Å². The molecule has 19 heavy (non-hydrogen) atoms. The lowest BCUT2D eigenvalue weighted by atomic mass is 9.85. The second kappa shape index (κ2) is 5.11. The maximum atomic E-state index is 5.46. The summed E-state index contributed by atoms with van der Waals surface area (Å²) in [6, 6.07) is 10.4. The van der Waals surface area contributed by atoms with E-state index >= 15 is 0 Å². The summed E-state index contributed by atoms with van der Waals surface area (Å²) in [4.78, 5) is 2.16. The Morgan fingerprint density at radius 1 is 1.16 bits per heavy atom. The van der Waals surface area contributed by atoms with Crippen molar-refractivity contribution in [2.24, 2.45) is 0 Å². The summed E-state index contributed by atoms with van der Waals surface area (Å²) in [5.41, 5.74) is 2.45. The number of thiophene rings is 1. The first-order chi connectivity index (χ1) is 8.95. The van der Waals surface area contributed by atoms with E-state index in [1.165, 1.54) is 16.0 Å². The van der Waals surface area contributed by atoms with Gasteiger partial charge in [-0.3, -0.25) is 0 Å². The van der Waals surface area contributed by atoms with Crippen LogP contribution in [0.3, 0.4) is 0 Å². The molecule has 0 radical (unpaired) electrons. The smallest absolute Gasteiger partial charge is 0.122 e. The zero-order valence-corrected chi connectivity index (χ0v) is 12.6. The molecule has 0 saturated heterocycles. The van der Waals surface area contributed by atoms with Crippen molar-refractivity contribution >= 4 is 11.3 Å². The zero-order chi connectivity index (χ0) is 14.0. The van der Waals surface area contributed by atoms with Gasteiger partial charge in [0.1, 0.15) is 5.75 Å². The van der Waals surface area contributed by atoms with Gasteiger partial charge in [0, 0.05) is 10.4 Å².